The second-order valence-electron chi connectivity index (χ2n) is 3.98. The molecule has 0 aliphatic carbocycles. The predicted molar refractivity (Wildman–Crippen MR) is 80.2 cm³/mol. The molecule has 1 rings (SSSR count). The maximum absolute atomic E-state index is 12.1. The maximum atomic E-state index is 12.1. The monoisotopic (exact) mass is 264 g/mol. The summed E-state index contributed by atoms with van der Waals surface area (Å²) in [5.41, 5.74) is 4.29. The van der Waals surface area contributed by atoms with Gasteiger partial charge in [-0.1, -0.05) is 17.7 Å². The molecule has 0 amide bonds. The summed E-state index contributed by atoms with van der Waals surface area (Å²) in [6, 6.07) is 4.14. The molecule has 0 N–H and O–H groups in total. The van der Waals surface area contributed by atoms with Gasteiger partial charge in [-0.3, -0.25) is 4.79 Å². The van der Waals surface area contributed by atoms with Gasteiger partial charge in [-0.15, -0.1) is 18.5 Å². The number of carbonyl (C=O) groups excluding carboxylic acids is 1. The van der Waals surface area contributed by atoms with E-state index in [0.717, 1.165) is 22.9 Å². The molecular weight excluding hydrogens is 245 g/mol. The van der Waals surface area contributed by atoms with Gasteiger partial charge in [-0.25, -0.2) is 0 Å². The number of rotatable bonds is 3. The van der Waals surface area contributed by atoms with Crippen molar-refractivity contribution in [3.8, 4) is 0 Å². The Morgan fingerprint density at radius 1 is 1.25 bits per heavy atom. The molecule has 0 saturated carbocycles. The Hall–Kier alpha value is 0.750. The van der Waals surface area contributed by atoms with E-state index in [1.165, 1.54) is 5.56 Å². The van der Waals surface area contributed by atoms with Crippen LogP contribution < -0.4 is 0 Å². The topological polar surface area (TPSA) is 17.1 Å². The van der Waals surface area contributed by atoms with E-state index in [-0.39, 0.29) is 41.0 Å². The van der Waals surface area contributed by atoms with Gasteiger partial charge >= 0.3 is 29.6 Å². The van der Waals surface area contributed by atoms with Crippen molar-refractivity contribution < 1.29 is 4.79 Å². The summed E-state index contributed by atoms with van der Waals surface area (Å²) < 4.78 is 0. The molecule has 0 fully saturated rings. The number of hydrogen-bond donors (Lipinski definition) is 0. The summed E-state index contributed by atoms with van der Waals surface area (Å²) in [6.07, 6.45) is 0.788. The van der Waals surface area contributed by atoms with Gasteiger partial charge in [-0.2, -0.15) is 0 Å². The van der Waals surface area contributed by atoms with E-state index in [4.69, 9.17) is 0 Å². The van der Waals surface area contributed by atoms with Crippen molar-refractivity contribution in [2.45, 2.75) is 26.4 Å². The van der Waals surface area contributed by atoms with Crippen molar-refractivity contribution in [3.63, 3.8) is 0 Å². The molecule has 4 heteroatoms. The summed E-state index contributed by atoms with van der Waals surface area (Å²) in [4.78, 5) is 12.1. The van der Waals surface area contributed by atoms with Gasteiger partial charge in [0.25, 0.3) is 0 Å². The molecule has 0 bridgehead atoms. The second-order valence-corrected chi connectivity index (χ2v) is 5.26. The number of aryl methyl sites for hydroxylation is 3. The van der Waals surface area contributed by atoms with Crippen LogP contribution in [-0.4, -0.2) is 47.2 Å². The summed E-state index contributed by atoms with van der Waals surface area (Å²) in [5, 5.41) is 0. The van der Waals surface area contributed by atoms with Crippen LogP contribution in [0.4, 0.5) is 0 Å². The first-order chi connectivity index (χ1) is 6.97. The Morgan fingerprint density at radius 3 is 2.06 bits per heavy atom. The first-order valence-electron chi connectivity index (χ1n) is 5.05. The summed E-state index contributed by atoms with van der Waals surface area (Å²) in [7, 11) is 5.22. The van der Waals surface area contributed by atoms with Crippen LogP contribution in [0.25, 0.3) is 0 Å². The number of benzene rings is 1. The second kappa shape index (κ2) is 7.24. The average molecular weight is 264 g/mol. The van der Waals surface area contributed by atoms with Gasteiger partial charge in [0.2, 0.25) is 0 Å². The third kappa shape index (κ3) is 3.90. The van der Waals surface area contributed by atoms with Gasteiger partial charge in [0.15, 0.2) is 5.78 Å². The number of Topliss-reactive ketones (excluding diaryl/α,β-unsaturated/α-hetero) is 1. The molecule has 0 heterocycles. The standard InChI is InChI=1S/C12H18OP2.Na.H/c1-7-4-8(2)11(9(3)5-7)12(13)10(15)6-14;;/h4-5,10H,6,14-15H2,1-3H3;;. The van der Waals surface area contributed by atoms with E-state index in [2.05, 4.69) is 37.5 Å². The summed E-state index contributed by atoms with van der Waals surface area (Å²) in [6.45, 7) is 6.07. The zero-order valence-corrected chi connectivity index (χ0v) is 11.8. The number of carbonyl (C=O) groups is 1. The molecule has 84 valence electrons. The molecule has 0 aromatic heterocycles. The van der Waals surface area contributed by atoms with Gasteiger partial charge in [0.1, 0.15) is 0 Å². The molecule has 1 aromatic carbocycles. The SMILES string of the molecule is Cc1cc(C)c(C(=O)C(P)CP)c(C)c1.[NaH]. The Balaban J connectivity index is 0.00000225. The van der Waals surface area contributed by atoms with Crippen LogP contribution >= 0.6 is 18.5 Å². The van der Waals surface area contributed by atoms with Crippen LogP contribution in [0.2, 0.25) is 0 Å². The number of hydrogen-bond acceptors (Lipinski definition) is 1. The predicted octanol–water partition coefficient (Wildman–Crippen LogP) is 2.26. The van der Waals surface area contributed by atoms with Gasteiger partial charge in [0, 0.05) is 11.2 Å². The molecule has 0 radical (unpaired) electrons. The third-order valence-electron chi connectivity index (χ3n) is 2.51. The van der Waals surface area contributed by atoms with Crippen molar-refractivity contribution in [2.24, 2.45) is 0 Å². The quantitative estimate of drug-likeness (QED) is 0.465. The fourth-order valence-electron chi connectivity index (χ4n) is 1.86. The van der Waals surface area contributed by atoms with Crippen LogP contribution in [0.15, 0.2) is 12.1 Å². The Bertz CT molecular complexity index is 368. The van der Waals surface area contributed by atoms with Crippen LogP contribution in [-0.2, 0) is 0 Å². The normalized spacial score (nSPS) is 11.8. The van der Waals surface area contributed by atoms with Crippen LogP contribution in [0.3, 0.4) is 0 Å². The van der Waals surface area contributed by atoms with Gasteiger partial charge < -0.3 is 0 Å². The Labute approximate surface area is 125 Å². The fourth-order valence-corrected chi connectivity index (χ4v) is 2.24. The van der Waals surface area contributed by atoms with E-state index in [1.54, 1.807) is 0 Å². The van der Waals surface area contributed by atoms with E-state index in [0.29, 0.717) is 0 Å². The van der Waals surface area contributed by atoms with Gasteiger partial charge in [0.05, 0.1) is 0 Å². The average Bonchev–Trinajstić information content (AvgIpc) is 2.14. The van der Waals surface area contributed by atoms with Crippen molar-refractivity contribution >= 4 is 53.8 Å². The molecule has 16 heavy (non-hydrogen) atoms. The molecule has 1 aromatic rings. The molecular formula is C12H19NaOP2. The minimum atomic E-state index is 0. The van der Waals surface area contributed by atoms with E-state index in [9.17, 15) is 4.79 Å². The zero-order chi connectivity index (χ0) is 11.6. The molecule has 3 unspecified atom stereocenters. The molecule has 0 aliphatic rings. The van der Waals surface area contributed by atoms with E-state index >= 15 is 0 Å². The van der Waals surface area contributed by atoms with Crippen molar-refractivity contribution in [1.29, 1.82) is 0 Å². The van der Waals surface area contributed by atoms with Gasteiger partial charge in [-0.05, 0) is 38.1 Å². The summed E-state index contributed by atoms with van der Waals surface area (Å²) in [5.74, 6) is 0.227. The molecule has 0 aliphatic heterocycles. The first-order valence-corrected chi connectivity index (χ1v) is 6.53. The summed E-state index contributed by atoms with van der Waals surface area (Å²) >= 11 is 0. The van der Waals surface area contributed by atoms with Crippen LogP contribution in [0.5, 0.6) is 0 Å². The first kappa shape index (κ1) is 16.8. The van der Waals surface area contributed by atoms with Crippen molar-refractivity contribution in [2.75, 3.05) is 6.16 Å². The minimum absolute atomic E-state index is 0. The molecule has 0 spiro atoms. The molecule has 3 atom stereocenters. The third-order valence-corrected chi connectivity index (χ3v) is 4.14. The van der Waals surface area contributed by atoms with Crippen LogP contribution in [0, 0.1) is 20.8 Å². The fraction of sp³-hybridized carbons (Fsp3) is 0.417. The molecule has 1 nitrogen and oxygen atoms in total. The molecule has 0 saturated heterocycles. The Kier molecular flexibility index (Phi) is 7.58. The van der Waals surface area contributed by atoms with Crippen LogP contribution in [0.1, 0.15) is 27.0 Å². The Morgan fingerprint density at radius 2 is 1.69 bits per heavy atom. The van der Waals surface area contributed by atoms with Crippen molar-refractivity contribution in [1.82, 2.24) is 0 Å². The van der Waals surface area contributed by atoms with Crippen molar-refractivity contribution in [3.05, 3.63) is 34.4 Å². The van der Waals surface area contributed by atoms with E-state index in [1.807, 2.05) is 13.8 Å². The zero-order valence-electron chi connectivity index (χ0n) is 9.50. The number of ketones is 1. The van der Waals surface area contributed by atoms with E-state index < -0.39 is 0 Å².